The van der Waals surface area contributed by atoms with E-state index >= 15 is 0 Å². The number of nitro benzene ring substituents is 1. The van der Waals surface area contributed by atoms with Crippen LogP contribution in [0.5, 0.6) is 0 Å². The summed E-state index contributed by atoms with van der Waals surface area (Å²) in [5.74, 6) is 0.403. The average molecular weight is 255 g/mol. The molecule has 0 N–H and O–H groups in total. The lowest BCUT2D eigenvalue weighted by Crippen LogP contribution is -2.15. The molecule has 1 saturated heterocycles. The van der Waals surface area contributed by atoms with Crippen molar-refractivity contribution in [2.45, 2.75) is 6.42 Å². The largest absolute Gasteiger partial charge is 0.294 e. The molecule has 1 aromatic carbocycles. The Hall–Kier alpha value is -1.43. The molecule has 6 heteroatoms. The van der Waals surface area contributed by atoms with Crippen LogP contribution in [-0.4, -0.2) is 22.2 Å². The number of carbonyl (C=O) groups excluding carboxylic acids is 1. The minimum Gasteiger partial charge on any atom is -0.294 e. The number of thioether (sulfide) groups is 1. The molecule has 1 aliphatic heterocycles. The normalized spacial score (nSPS) is 19.2. The third kappa shape index (κ3) is 2.46. The van der Waals surface area contributed by atoms with Gasteiger partial charge in [0.1, 0.15) is 5.82 Å². The van der Waals surface area contributed by atoms with Gasteiger partial charge < -0.3 is 0 Å². The number of benzene rings is 1. The Balaban J connectivity index is 2.26. The van der Waals surface area contributed by atoms with Gasteiger partial charge in [-0.1, -0.05) is 0 Å². The molecule has 4 nitrogen and oxygen atoms in total. The van der Waals surface area contributed by atoms with Gasteiger partial charge in [0.2, 0.25) is 0 Å². The highest BCUT2D eigenvalue weighted by Gasteiger charge is 2.27. The van der Waals surface area contributed by atoms with Crippen molar-refractivity contribution in [2.24, 2.45) is 5.92 Å². The molecule has 0 aromatic heterocycles. The SMILES string of the molecule is O=C(c1ccc([N+](=O)[O-])cc1F)C1CCSC1. The second-order valence-corrected chi connectivity index (χ2v) is 5.00. The van der Waals surface area contributed by atoms with Crippen molar-refractivity contribution >= 4 is 23.2 Å². The van der Waals surface area contributed by atoms with Gasteiger partial charge in [0.15, 0.2) is 5.78 Å². The van der Waals surface area contributed by atoms with E-state index in [-0.39, 0.29) is 23.0 Å². The van der Waals surface area contributed by atoms with E-state index in [0.717, 1.165) is 18.2 Å². The van der Waals surface area contributed by atoms with Crippen molar-refractivity contribution in [1.29, 1.82) is 0 Å². The van der Waals surface area contributed by atoms with Gasteiger partial charge in [-0.3, -0.25) is 14.9 Å². The fraction of sp³-hybridized carbons (Fsp3) is 0.364. The molecule has 0 radical (unpaired) electrons. The van der Waals surface area contributed by atoms with E-state index in [1.54, 1.807) is 11.8 Å². The van der Waals surface area contributed by atoms with Crippen molar-refractivity contribution in [3.8, 4) is 0 Å². The summed E-state index contributed by atoms with van der Waals surface area (Å²) in [6, 6.07) is 3.17. The first-order valence-electron chi connectivity index (χ1n) is 5.15. The van der Waals surface area contributed by atoms with Crippen LogP contribution in [0, 0.1) is 21.8 Å². The summed E-state index contributed by atoms with van der Waals surface area (Å²) in [6.07, 6.45) is 0.750. The van der Waals surface area contributed by atoms with Crippen LogP contribution in [0.4, 0.5) is 10.1 Å². The average Bonchev–Trinajstić information content (AvgIpc) is 2.81. The molecule has 90 valence electrons. The van der Waals surface area contributed by atoms with E-state index in [2.05, 4.69) is 0 Å². The van der Waals surface area contributed by atoms with Crippen LogP contribution >= 0.6 is 11.8 Å². The second-order valence-electron chi connectivity index (χ2n) is 3.85. The van der Waals surface area contributed by atoms with E-state index in [9.17, 15) is 19.3 Å². The number of nitrogens with zero attached hydrogens (tertiary/aromatic N) is 1. The Morgan fingerprint density at radius 2 is 2.29 bits per heavy atom. The predicted molar refractivity (Wildman–Crippen MR) is 62.8 cm³/mol. The summed E-state index contributed by atoms with van der Waals surface area (Å²) in [6.45, 7) is 0. The Bertz CT molecular complexity index is 472. The van der Waals surface area contributed by atoms with Crippen molar-refractivity contribution in [3.63, 3.8) is 0 Å². The first kappa shape index (κ1) is 12.0. The maximum Gasteiger partial charge on any atom is 0.272 e. The summed E-state index contributed by atoms with van der Waals surface area (Å²) >= 11 is 1.67. The van der Waals surface area contributed by atoms with E-state index in [0.29, 0.717) is 5.75 Å². The number of carbonyl (C=O) groups is 1. The summed E-state index contributed by atoms with van der Waals surface area (Å²) in [7, 11) is 0. The predicted octanol–water partition coefficient (Wildman–Crippen LogP) is 2.67. The maximum atomic E-state index is 13.6. The Morgan fingerprint density at radius 1 is 1.53 bits per heavy atom. The molecule has 1 heterocycles. The Morgan fingerprint density at radius 3 is 2.82 bits per heavy atom. The van der Waals surface area contributed by atoms with Crippen LogP contribution in [0.25, 0.3) is 0 Å². The van der Waals surface area contributed by atoms with Crippen molar-refractivity contribution < 1.29 is 14.1 Å². The maximum absolute atomic E-state index is 13.6. The van der Waals surface area contributed by atoms with Crippen LogP contribution in [0.2, 0.25) is 0 Å². The molecule has 1 fully saturated rings. The highest BCUT2D eigenvalue weighted by Crippen LogP contribution is 2.28. The molecule has 1 unspecified atom stereocenters. The van der Waals surface area contributed by atoms with Crippen LogP contribution in [0.15, 0.2) is 18.2 Å². The van der Waals surface area contributed by atoms with E-state index in [1.807, 2.05) is 0 Å². The molecular formula is C11H10FNO3S. The molecule has 1 aliphatic rings. The molecule has 0 spiro atoms. The number of hydrogen-bond donors (Lipinski definition) is 0. The standard InChI is InChI=1S/C11H10FNO3S/c12-10-5-8(13(15)16)1-2-9(10)11(14)7-3-4-17-6-7/h1-2,5,7H,3-4,6H2. The zero-order valence-corrected chi connectivity index (χ0v) is 9.71. The van der Waals surface area contributed by atoms with Crippen LogP contribution in [0.3, 0.4) is 0 Å². The van der Waals surface area contributed by atoms with E-state index in [4.69, 9.17) is 0 Å². The molecule has 0 saturated carbocycles. The van der Waals surface area contributed by atoms with Gasteiger partial charge in [-0.15, -0.1) is 0 Å². The number of halogens is 1. The van der Waals surface area contributed by atoms with Gasteiger partial charge in [-0.05, 0) is 18.2 Å². The van der Waals surface area contributed by atoms with Gasteiger partial charge in [-0.2, -0.15) is 11.8 Å². The van der Waals surface area contributed by atoms with Gasteiger partial charge in [0.05, 0.1) is 16.6 Å². The summed E-state index contributed by atoms with van der Waals surface area (Å²) in [5.41, 5.74) is -0.372. The molecule has 1 aromatic rings. The lowest BCUT2D eigenvalue weighted by molar-refractivity contribution is -0.385. The van der Waals surface area contributed by atoms with Gasteiger partial charge in [0, 0.05) is 17.7 Å². The fourth-order valence-electron chi connectivity index (χ4n) is 1.78. The van der Waals surface area contributed by atoms with Gasteiger partial charge >= 0.3 is 0 Å². The topological polar surface area (TPSA) is 60.2 Å². The second kappa shape index (κ2) is 4.83. The van der Waals surface area contributed by atoms with Crippen LogP contribution in [-0.2, 0) is 0 Å². The quantitative estimate of drug-likeness (QED) is 0.473. The molecule has 0 bridgehead atoms. The highest BCUT2D eigenvalue weighted by molar-refractivity contribution is 7.99. The monoisotopic (exact) mass is 255 g/mol. The molecule has 0 aliphatic carbocycles. The third-order valence-corrected chi connectivity index (χ3v) is 3.89. The summed E-state index contributed by atoms with van der Waals surface area (Å²) in [4.78, 5) is 21.7. The zero-order chi connectivity index (χ0) is 12.4. The molecular weight excluding hydrogens is 245 g/mol. The van der Waals surface area contributed by atoms with Crippen LogP contribution < -0.4 is 0 Å². The number of ketones is 1. The summed E-state index contributed by atoms with van der Waals surface area (Å²) < 4.78 is 13.6. The lowest BCUT2D eigenvalue weighted by atomic mass is 9.96. The minimum atomic E-state index is -0.805. The van der Waals surface area contributed by atoms with Gasteiger partial charge in [0.25, 0.3) is 5.69 Å². The first-order chi connectivity index (χ1) is 8.09. The first-order valence-corrected chi connectivity index (χ1v) is 6.31. The highest BCUT2D eigenvalue weighted by atomic mass is 32.2. The molecule has 0 amide bonds. The van der Waals surface area contributed by atoms with Crippen molar-refractivity contribution in [3.05, 3.63) is 39.7 Å². The fourth-order valence-corrected chi connectivity index (χ4v) is 3.00. The number of Topliss-reactive ketones (excluding diaryl/α,β-unsaturated/α-hetero) is 1. The third-order valence-electron chi connectivity index (χ3n) is 2.73. The number of nitro groups is 1. The van der Waals surface area contributed by atoms with Crippen molar-refractivity contribution in [1.82, 2.24) is 0 Å². The van der Waals surface area contributed by atoms with Gasteiger partial charge in [-0.25, -0.2) is 4.39 Å². The van der Waals surface area contributed by atoms with E-state index < -0.39 is 10.7 Å². The van der Waals surface area contributed by atoms with E-state index in [1.165, 1.54) is 12.1 Å². The van der Waals surface area contributed by atoms with Crippen LogP contribution in [0.1, 0.15) is 16.8 Å². The number of rotatable bonds is 3. The Kier molecular flexibility index (Phi) is 3.42. The molecule has 17 heavy (non-hydrogen) atoms. The lowest BCUT2D eigenvalue weighted by Gasteiger charge is -2.07. The minimum absolute atomic E-state index is 0.0388. The molecule has 2 rings (SSSR count). The summed E-state index contributed by atoms with van der Waals surface area (Å²) in [5, 5.41) is 10.4. The Labute approximate surface area is 101 Å². The number of non-ortho nitro benzene ring substituents is 1. The number of hydrogen-bond acceptors (Lipinski definition) is 4. The zero-order valence-electron chi connectivity index (χ0n) is 8.89. The van der Waals surface area contributed by atoms with Crippen molar-refractivity contribution in [2.75, 3.05) is 11.5 Å². The smallest absolute Gasteiger partial charge is 0.272 e. The molecule has 1 atom stereocenters.